The van der Waals surface area contributed by atoms with E-state index < -0.39 is 10.0 Å². The summed E-state index contributed by atoms with van der Waals surface area (Å²) in [4.78, 5) is 11.1. The number of likely N-dealkylation sites (N-methyl/N-ethyl adjacent to an activating group) is 1. The Kier molecular flexibility index (Phi) is 6.80. The standard InChI is InChI=1S/C17H20N4S.C8H8N2O3S/c1-12-11-13-16(21-9-7-20(2)8-10-21)18-14-5-3-4-6-15(14)19-17(13)22-12;9-14(11,12)5-7-6-3-1-2-4-8(6)13-10-7/h3-6,11,19H,7-10H2,1-2H3;1-4H,5H2,(H2,9,11,12). The minimum absolute atomic E-state index is 0.302. The maximum atomic E-state index is 10.8. The topological polar surface area (TPSA) is 117 Å². The van der Waals surface area contributed by atoms with Crippen molar-refractivity contribution in [3.63, 3.8) is 0 Å². The summed E-state index contributed by atoms with van der Waals surface area (Å²) >= 11 is 1.81. The van der Waals surface area contributed by atoms with Crippen LogP contribution in [-0.4, -0.2) is 62.4 Å². The average Bonchev–Trinajstić information content (AvgIpc) is 3.37. The van der Waals surface area contributed by atoms with E-state index in [1.165, 1.54) is 15.4 Å². The highest BCUT2D eigenvalue weighted by atomic mass is 32.2. The van der Waals surface area contributed by atoms with Crippen molar-refractivity contribution in [3.8, 4) is 0 Å². The lowest BCUT2D eigenvalue weighted by Gasteiger charge is -2.34. The van der Waals surface area contributed by atoms with Crippen molar-refractivity contribution >= 4 is 54.5 Å². The van der Waals surface area contributed by atoms with Crippen molar-refractivity contribution in [2.75, 3.05) is 38.5 Å². The molecule has 3 N–H and O–H groups in total. The van der Waals surface area contributed by atoms with Gasteiger partial charge in [0.25, 0.3) is 0 Å². The zero-order chi connectivity index (χ0) is 25.3. The molecule has 0 bridgehead atoms. The molecule has 2 aromatic heterocycles. The molecule has 0 radical (unpaired) electrons. The number of aromatic nitrogens is 1. The molecule has 0 aliphatic carbocycles. The van der Waals surface area contributed by atoms with Gasteiger partial charge >= 0.3 is 0 Å². The molecule has 0 unspecified atom stereocenters. The maximum absolute atomic E-state index is 10.8. The first kappa shape index (κ1) is 24.4. The Balaban J connectivity index is 0.000000165. The number of thiophene rings is 1. The molecule has 2 aromatic carbocycles. The number of nitrogens with two attached hydrogens (primary N) is 1. The van der Waals surface area contributed by atoms with Gasteiger partial charge in [0.1, 0.15) is 22.3 Å². The Bertz CT molecular complexity index is 1520. The lowest BCUT2D eigenvalue weighted by Crippen LogP contribution is -2.47. The number of nitrogens with zero attached hydrogens (tertiary/aromatic N) is 4. The Morgan fingerprint density at radius 1 is 1.08 bits per heavy atom. The molecule has 1 saturated heterocycles. The zero-order valence-corrected chi connectivity index (χ0v) is 21.8. The van der Waals surface area contributed by atoms with E-state index >= 15 is 0 Å². The van der Waals surface area contributed by atoms with Gasteiger partial charge in [-0.1, -0.05) is 29.4 Å². The van der Waals surface area contributed by atoms with E-state index in [1.54, 1.807) is 35.6 Å². The van der Waals surface area contributed by atoms with Crippen LogP contribution in [0, 0.1) is 6.92 Å². The van der Waals surface area contributed by atoms with Crippen LogP contribution in [0.1, 0.15) is 16.1 Å². The number of hydrogen-bond acceptors (Lipinski definition) is 9. The molecule has 36 heavy (non-hydrogen) atoms. The molecule has 0 saturated carbocycles. The Morgan fingerprint density at radius 3 is 2.58 bits per heavy atom. The van der Waals surface area contributed by atoms with Crippen LogP contribution in [0.15, 0.2) is 64.1 Å². The number of nitrogens with one attached hydrogen (secondary N) is 1. The fourth-order valence-corrected chi connectivity index (χ4v) is 5.75. The van der Waals surface area contributed by atoms with Crippen LogP contribution in [0.2, 0.25) is 0 Å². The summed E-state index contributed by atoms with van der Waals surface area (Å²) in [5.74, 6) is 0.814. The van der Waals surface area contributed by atoms with Gasteiger partial charge in [-0.15, -0.1) is 11.3 Å². The van der Waals surface area contributed by atoms with Crippen LogP contribution in [0.25, 0.3) is 11.0 Å². The van der Waals surface area contributed by atoms with Crippen molar-refractivity contribution in [1.82, 2.24) is 15.0 Å². The predicted molar refractivity (Wildman–Crippen MR) is 145 cm³/mol. The number of para-hydroxylation sites is 3. The van der Waals surface area contributed by atoms with Crippen molar-refractivity contribution < 1.29 is 12.9 Å². The normalized spacial score (nSPS) is 15.8. The van der Waals surface area contributed by atoms with Gasteiger partial charge in [0.2, 0.25) is 10.0 Å². The lowest BCUT2D eigenvalue weighted by atomic mass is 10.2. The summed E-state index contributed by atoms with van der Waals surface area (Å²) in [6.07, 6.45) is 0. The van der Waals surface area contributed by atoms with Gasteiger partial charge in [-0.05, 0) is 44.3 Å². The van der Waals surface area contributed by atoms with E-state index in [4.69, 9.17) is 14.7 Å². The summed E-state index contributed by atoms with van der Waals surface area (Å²) in [6, 6.07) is 17.6. The third-order valence-corrected chi connectivity index (χ3v) is 7.71. The van der Waals surface area contributed by atoms with Crippen molar-refractivity contribution in [2.45, 2.75) is 12.7 Å². The van der Waals surface area contributed by atoms with Gasteiger partial charge in [-0.25, -0.2) is 18.5 Å². The van der Waals surface area contributed by atoms with Crippen LogP contribution in [0.4, 0.5) is 16.4 Å². The first-order chi connectivity index (χ1) is 17.3. The Labute approximate surface area is 214 Å². The Morgan fingerprint density at radius 2 is 1.81 bits per heavy atom. The summed E-state index contributed by atoms with van der Waals surface area (Å²) in [7, 11) is -1.38. The highest BCUT2D eigenvalue weighted by molar-refractivity contribution is 7.88. The number of sulfonamides is 1. The molecule has 1 fully saturated rings. The number of primary sulfonamides is 1. The molecule has 4 heterocycles. The molecule has 9 nitrogen and oxygen atoms in total. The summed E-state index contributed by atoms with van der Waals surface area (Å²) in [6.45, 7) is 6.41. The second-order valence-corrected chi connectivity index (χ2v) is 11.8. The van der Waals surface area contributed by atoms with Crippen LogP contribution in [0.5, 0.6) is 0 Å². The average molecular weight is 525 g/mol. The maximum Gasteiger partial charge on any atom is 0.214 e. The first-order valence-electron chi connectivity index (χ1n) is 11.6. The smallest absolute Gasteiger partial charge is 0.214 e. The van der Waals surface area contributed by atoms with Crippen molar-refractivity contribution in [1.29, 1.82) is 0 Å². The molecular formula is C25H28N6O3S2. The van der Waals surface area contributed by atoms with Crippen molar-refractivity contribution in [2.24, 2.45) is 10.1 Å². The van der Waals surface area contributed by atoms with E-state index in [9.17, 15) is 8.42 Å². The zero-order valence-electron chi connectivity index (χ0n) is 20.1. The highest BCUT2D eigenvalue weighted by Gasteiger charge is 2.25. The van der Waals surface area contributed by atoms with Crippen LogP contribution in [0.3, 0.4) is 0 Å². The summed E-state index contributed by atoms with van der Waals surface area (Å²) in [5.41, 5.74) is 4.27. The van der Waals surface area contributed by atoms with E-state index in [2.05, 4.69) is 64.6 Å². The fraction of sp³-hybridized carbons (Fsp3) is 0.280. The number of fused-ring (bicyclic) bond motifs is 3. The molecule has 0 spiro atoms. The van der Waals surface area contributed by atoms with E-state index in [0.717, 1.165) is 43.4 Å². The van der Waals surface area contributed by atoms with Crippen molar-refractivity contribution in [3.05, 3.63) is 70.7 Å². The van der Waals surface area contributed by atoms with Gasteiger partial charge in [0.05, 0.1) is 16.9 Å². The van der Waals surface area contributed by atoms with Gasteiger partial charge in [-0.3, -0.25) is 0 Å². The second-order valence-electron chi connectivity index (χ2n) is 8.90. The first-order valence-corrected chi connectivity index (χ1v) is 14.1. The third-order valence-electron chi connectivity index (χ3n) is 6.07. The largest absolute Gasteiger partial charge is 0.356 e. The fourth-order valence-electron chi connectivity index (χ4n) is 4.24. The third kappa shape index (κ3) is 5.44. The summed E-state index contributed by atoms with van der Waals surface area (Å²) < 4.78 is 26.6. The van der Waals surface area contributed by atoms with Gasteiger partial charge in [-0.2, -0.15) is 0 Å². The number of aryl methyl sites for hydroxylation is 1. The Hall–Kier alpha value is -3.25. The summed E-state index contributed by atoms with van der Waals surface area (Å²) in [5, 5.41) is 14.0. The quantitative estimate of drug-likeness (QED) is 0.406. The van der Waals surface area contributed by atoms with Gasteiger partial charge in [0, 0.05) is 36.4 Å². The molecular weight excluding hydrogens is 496 g/mol. The lowest BCUT2D eigenvalue weighted by molar-refractivity contribution is 0.216. The molecule has 4 aromatic rings. The van der Waals surface area contributed by atoms with Gasteiger partial charge < -0.3 is 19.6 Å². The number of rotatable bonds is 2. The molecule has 2 aliphatic heterocycles. The molecule has 11 heteroatoms. The van der Waals surface area contributed by atoms with E-state index in [1.807, 2.05) is 0 Å². The number of benzene rings is 2. The molecule has 0 atom stereocenters. The van der Waals surface area contributed by atoms with E-state index in [0.29, 0.717) is 16.7 Å². The predicted octanol–water partition coefficient (Wildman–Crippen LogP) is 4.06. The van der Waals surface area contributed by atoms with E-state index in [-0.39, 0.29) is 5.75 Å². The number of hydrogen-bond donors (Lipinski definition) is 2. The minimum Gasteiger partial charge on any atom is -0.356 e. The highest BCUT2D eigenvalue weighted by Crippen LogP contribution is 2.39. The molecule has 0 amide bonds. The number of aliphatic imine (C=N–C) groups is 1. The monoisotopic (exact) mass is 524 g/mol. The van der Waals surface area contributed by atoms with Gasteiger partial charge in [0.15, 0.2) is 5.58 Å². The number of amidine groups is 1. The second kappa shape index (κ2) is 10.0. The molecule has 2 aliphatic rings. The van der Waals surface area contributed by atoms with Crippen LogP contribution in [-0.2, 0) is 15.8 Å². The van der Waals surface area contributed by atoms with Crippen LogP contribution < -0.4 is 10.5 Å². The SMILES string of the molecule is Cc1cc2c(s1)Nc1ccccc1N=C2N1CCN(C)CC1.NS(=O)(=O)Cc1noc2ccccc12. The minimum atomic E-state index is -3.56. The molecule has 188 valence electrons. The number of piperazine rings is 1. The van der Waals surface area contributed by atoms with Crippen LogP contribution >= 0.6 is 11.3 Å². The number of anilines is 2. The molecule has 6 rings (SSSR count).